The quantitative estimate of drug-likeness (QED) is 0.737. The zero-order valence-corrected chi connectivity index (χ0v) is 12.0. The summed E-state index contributed by atoms with van der Waals surface area (Å²) in [5.41, 5.74) is 0. The van der Waals surface area contributed by atoms with Crippen LogP contribution in [0.3, 0.4) is 0 Å². The van der Waals surface area contributed by atoms with E-state index in [4.69, 9.17) is 4.74 Å². The van der Waals surface area contributed by atoms with Crippen molar-refractivity contribution >= 4 is 0 Å². The van der Waals surface area contributed by atoms with Crippen LogP contribution in [0.2, 0.25) is 0 Å². The fourth-order valence-corrected chi connectivity index (χ4v) is 1.43. The maximum Gasteiger partial charge on any atom is 0.0594 e. The van der Waals surface area contributed by atoms with Gasteiger partial charge >= 0.3 is 0 Å². The molecule has 0 aromatic rings. The molecule has 100 valence electrons. The lowest BCUT2D eigenvalue weighted by Crippen LogP contribution is -2.37. The van der Waals surface area contributed by atoms with Gasteiger partial charge < -0.3 is 10.1 Å². The summed E-state index contributed by atoms with van der Waals surface area (Å²) < 4.78 is 5.27. The van der Waals surface area contributed by atoms with E-state index in [1.807, 2.05) is 27.7 Å². The molecule has 0 aromatic heterocycles. The summed E-state index contributed by atoms with van der Waals surface area (Å²) in [6, 6.07) is 0. The van der Waals surface area contributed by atoms with Crippen LogP contribution >= 0.6 is 0 Å². The monoisotopic (exact) mass is 232 g/mol. The highest BCUT2D eigenvalue weighted by Gasteiger charge is 2.08. The number of nitrogens with zero attached hydrogens (tertiary/aromatic N) is 1. The van der Waals surface area contributed by atoms with E-state index in [-0.39, 0.29) is 0 Å². The number of nitrogens with one attached hydrogen (secondary N) is 1. The van der Waals surface area contributed by atoms with Crippen molar-refractivity contribution in [3.8, 4) is 0 Å². The predicted molar refractivity (Wildman–Crippen MR) is 73.1 cm³/mol. The fourth-order valence-electron chi connectivity index (χ4n) is 1.43. The minimum absolute atomic E-state index is 0.918. The molecule has 0 bridgehead atoms. The first-order valence-electron chi connectivity index (χ1n) is 6.94. The second-order valence-electron chi connectivity index (χ2n) is 3.16. The van der Waals surface area contributed by atoms with Crippen molar-refractivity contribution in [3.05, 3.63) is 0 Å². The van der Waals surface area contributed by atoms with Gasteiger partial charge in [0.2, 0.25) is 0 Å². The van der Waals surface area contributed by atoms with E-state index >= 15 is 0 Å². The highest BCUT2D eigenvalue weighted by molar-refractivity contribution is 4.61. The third-order valence-corrected chi connectivity index (χ3v) is 2.18. The number of ether oxygens (including phenoxy) is 1. The van der Waals surface area contributed by atoms with E-state index in [9.17, 15) is 0 Å². The molecule has 0 unspecified atom stereocenters. The third kappa shape index (κ3) is 12.0. The minimum atomic E-state index is 0.918. The van der Waals surface area contributed by atoms with Crippen LogP contribution in [0.5, 0.6) is 0 Å². The van der Waals surface area contributed by atoms with Gasteiger partial charge in [-0.15, -0.1) is 0 Å². The number of rotatable bonds is 5. The lowest BCUT2D eigenvalue weighted by atomic mass is 10.3. The topological polar surface area (TPSA) is 24.5 Å². The Morgan fingerprint density at radius 1 is 1.06 bits per heavy atom. The van der Waals surface area contributed by atoms with Crippen LogP contribution < -0.4 is 5.32 Å². The average molecular weight is 232 g/mol. The molecule has 0 spiro atoms. The Kier molecular flexibility index (Phi) is 19.7. The summed E-state index contributed by atoms with van der Waals surface area (Å²) in [4.78, 5) is 2.47. The summed E-state index contributed by atoms with van der Waals surface area (Å²) in [7, 11) is 0. The first-order chi connectivity index (χ1) is 7.93. The van der Waals surface area contributed by atoms with Gasteiger partial charge in [-0.2, -0.15) is 0 Å². The Morgan fingerprint density at radius 3 is 2.12 bits per heavy atom. The highest BCUT2D eigenvalue weighted by Crippen LogP contribution is 1.96. The van der Waals surface area contributed by atoms with E-state index in [0.717, 1.165) is 39.4 Å². The van der Waals surface area contributed by atoms with Gasteiger partial charge in [0.25, 0.3) is 0 Å². The van der Waals surface area contributed by atoms with Gasteiger partial charge in [-0.3, -0.25) is 4.90 Å². The van der Waals surface area contributed by atoms with Crippen molar-refractivity contribution in [2.75, 3.05) is 45.9 Å². The summed E-state index contributed by atoms with van der Waals surface area (Å²) in [5.74, 6) is 0. The molecule has 0 aromatic carbocycles. The van der Waals surface area contributed by atoms with Gasteiger partial charge in [-0.25, -0.2) is 0 Å². The van der Waals surface area contributed by atoms with E-state index in [0.29, 0.717) is 0 Å². The molecule has 0 atom stereocenters. The smallest absolute Gasteiger partial charge is 0.0594 e. The van der Waals surface area contributed by atoms with Crippen LogP contribution in [0.15, 0.2) is 0 Å². The van der Waals surface area contributed by atoms with Crippen LogP contribution in [-0.4, -0.2) is 50.8 Å². The molecule has 1 N–H and O–H groups in total. The van der Waals surface area contributed by atoms with Gasteiger partial charge in [0, 0.05) is 13.1 Å². The molecule has 16 heavy (non-hydrogen) atoms. The number of hydrogen-bond donors (Lipinski definition) is 1. The van der Waals surface area contributed by atoms with E-state index < -0.39 is 0 Å². The number of hydrogen-bond acceptors (Lipinski definition) is 3. The van der Waals surface area contributed by atoms with Gasteiger partial charge in [-0.1, -0.05) is 34.6 Å². The van der Waals surface area contributed by atoms with E-state index in [1.165, 1.54) is 13.0 Å². The number of morpholine rings is 1. The Bertz CT molecular complexity index is 104. The molecule has 0 radical (unpaired) electrons. The van der Waals surface area contributed by atoms with Crippen molar-refractivity contribution in [1.82, 2.24) is 10.2 Å². The lowest BCUT2D eigenvalue weighted by molar-refractivity contribution is 0.0375. The average Bonchev–Trinajstić information content (AvgIpc) is 2.41. The maximum absolute atomic E-state index is 5.27. The van der Waals surface area contributed by atoms with Crippen LogP contribution in [0, 0.1) is 0 Å². The minimum Gasteiger partial charge on any atom is -0.379 e. The fraction of sp³-hybridized carbons (Fsp3) is 1.00. The molecular formula is C13H32N2O. The van der Waals surface area contributed by atoms with Crippen LogP contribution in [0.25, 0.3) is 0 Å². The van der Waals surface area contributed by atoms with Gasteiger partial charge in [0.05, 0.1) is 13.2 Å². The Hall–Kier alpha value is -0.120. The molecule has 3 nitrogen and oxygen atoms in total. The normalized spacial score (nSPS) is 15.6. The molecule has 1 aliphatic rings. The Morgan fingerprint density at radius 2 is 1.62 bits per heavy atom. The Balaban J connectivity index is 0. The van der Waals surface area contributed by atoms with Crippen molar-refractivity contribution in [2.45, 2.75) is 41.0 Å². The van der Waals surface area contributed by atoms with Crippen molar-refractivity contribution in [2.24, 2.45) is 0 Å². The standard InChI is InChI=1S/C9H20N2O.2C2H6/c1-2-10-4-3-5-11-6-8-12-9-7-11;2*1-2/h10H,2-9H2,1H3;2*1-2H3. The summed E-state index contributed by atoms with van der Waals surface area (Å²) in [6.45, 7) is 17.7. The van der Waals surface area contributed by atoms with Gasteiger partial charge in [-0.05, 0) is 26.1 Å². The summed E-state index contributed by atoms with van der Waals surface area (Å²) in [6.07, 6.45) is 1.26. The summed E-state index contributed by atoms with van der Waals surface area (Å²) >= 11 is 0. The molecule has 1 fully saturated rings. The van der Waals surface area contributed by atoms with Crippen molar-refractivity contribution in [1.29, 1.82) is 0 Å². The predicted octanol–water partition coefficient (Wildman–Crippen LogP) is 2.37. The second-order valence-corrected chi connectivity index (χ2v) is 3.16. The molecule has 0 aliphatic carbocycles. The zero-order valence-electron chi connectivity index (χ0n) is 12.0. The molecule has 1 saturated heterocycles. The second kappa shape index (κ2) is 17.3. The van der Waals surface area contributed by atoms with Crippen molar-refractivity contribution in [3.63, 3.8) is 0 Å². The zero-order chi connectivity index (χ0) is 12.6. The highest BCUT2D eigenvalue weighted by atomic mass is 16.5. The van der Waals surface area contributed by atoms with Gasteiger partial charge in [0.15, 0.2) is 0 Å². The van der Waals surface area contributed by atoms with Crippen LogP contribution in [0.1, 0.15) is 41.0 Å². The van der Waals surface area contributed by atoms with E-state index in [2.05, 4.69) is 17.1 Å². The molecule has 1 heterocycles. The summed E-state index contributed by atoms with van der Waals surface area (Å²) in [5, 5.41) is 3.33. The van der Waals surface area contributed by atoms with Crippen LogP contribution in [0.4, 0.5) is 0 Å². The Labute approximate surface area is 103 Å². The third-order valence-electron chi connectivity index (χ3n) is 2.18. The molecule has 1 rings (SSSR count). The molecule has 0 amide bonds. The lowest BCUT2D eigenvalue weighted by Gasteiger charge is -2.26. The first-order valence-corrected chi connectivity index (χ1v) is 6.94. The molecule has 0 saturated carbocycles. The van der Waals surface area contributed by atoms with E-state index in [1.54, 1.807) is 0 Å². The molecule has 1 aliphatic heterocycles. The van der Waals surface area contributed by atoms with Gasteiger partial charge in [0.1, 0.15) is 0 Å². The van der Waals surface area contributed by atoms with Crippen molar-refractivity contribution < 1.29 is 4.74 Å². The molecular weight excluding hydrogens is 200 g/mol. The first kappa shape index (κ1) is 18.3. The maximum atomic E-state index is 5.27. The largest absolute Gasteiger partial charge is 0.379 e. The SMILES string of the molecule is CC.CC.CCNCCCN1CCOCC1. The molecule has 3 heteroatoms. The van der Waals surface area contributed by atoms with Crippen LogP contribution in [-0.2, 0) is 4.74 Å².